The molecule has 21 heavy (non-hydrogen) atoms. The average molecular weight is 293 g/mol. The fourth-order valence-corrected chi connectivity index (χ4v) is 3.57. The van der Waals surface area contributed by atoms with Crippen molar-refractivity contribution in [3.8, 4) is 5.75 Å². The molecule has 2 unspecified atom stereocenters. The molecule has 2 rings (SSSR count). The zero-order valence-corrected chi connectivity index (χ0v) is 13.7. The number of benzene rings is 1. The Bertz CT molecular complexity index is 470. The summed E-state index contributed by atoms with van der Waals surface area (Å²) in [6.45, 7) is 9.53. The van der Waals surface area contributed by atoms with Crippen molar-refractivity contribution in [3.05, 3.63) is 29.6 Å². The number of hydrogen-bond acceptors (Lipinski definition) is 2. The number of ether oxygens (including phenoxy) is 1. The molecule has 0 radical (unpaired) electrons. The highest BCUT2D eigenvalue weighted by Crippen LogP contribution is 2.49. The molecule has 0 aliphatic heterocycles. The lowest BCUT2D eigenvalue weighted by Gasteiger charge is -2.55. The van der Waals surface area contributed by atoms with E-state index in [9.17, 15) is 4.39 Å². The second kappa shape index (κ2) is 6.78. The Morgan fingerprint density at radius 3 is 2.57 bits per heavy atom. The van der Waals surface area contributed by atoms with E-state index in [0.29, 0.717) is 11.6 Å². The Labute approximate surface area is 128 Å². The molecule has 3 heteroatoms. The lowest BCUT2D eigenvalue weighted by atomic mass is 9.58. The fraction of sp³-hybridized carbons (Fsp3) is 0.667. The zero-order chi connectivity index (χ0) is 15.5. The maximum atomic E-state index is 13.4. The van der Waals surface area contributed by atoms with Crippen LogP contribution >= 0.6 is 0 Å². The van der Waals surface area contributed by atoms with Crippen molar-refractivity contribution in [3.63, 3.8) is 0 Å². The minimum absolute atomic E-state index is 0.171. The number of aryl methyl sites for hydroxylation is 1. The van der Waals surface area contributed by atoms with Crippen molar-refractivity contribution >= 4 is 0 Å². The van der Waals surface area contributed by atoms with Gasteiger partial charge in [-0.15, -0.1) is 0 Å². The Morgan fingerprint density at radius 2 is 2.00 bits per heavy atom. The van der Waals surface area contributed by atoms with Crippen LogP contribution in [0.25, 0.3) is 0 Å². The molecule has 1 aromatic rings. The molecule has 118 valence electrons. The third kappa shape index (κ3) is 3.08. The monoisotopic (exact) mass is 293 g/mol. The first-order valence-electron chi connectivity index (χ1n) is 8.23. The summed E-state index contributed by atoms with van der Waals surface area (Å²) in [6.07, 6.45) is 4.64. The van der Waals surface area contributed by atoms with E-state index in [0.717, 1.165) is 38.0 Å². The highest BCUT2D eigenvalue weighted by Gasteiger charge is 2.53. The van der Waals surface area contributed by atoms with E-state index in [1.165, 1.54) is 6.07 Å². The molecule has 1 N–H and O–H groups in total. The van der Waals surface area contributed by atoms with Crippen LogP contribution in [0.2, 0.25) is 0 Å². The predicted molar refractivity (Wildman–Crippen MR) is 85.3 cm³/mol. The van der Waals surface area contributed by atoms with Gasteiger partial charge in [0.05, 0.1) is 0 Å². The molecule has 0 aromatic heterocycles. The van der Waals surface area contributed by atoms with Gasteiger partial charge >= 0.3 is 0 Å². The van der Waals surface area contributed by atoms with Crippen molar-refractivity contribution in [2.24, 2.45) is 5.41 Å². The van der Waals surface area contributed by atoms with Gasteiger partial charge in [-0.1, -0.05) is 20.8 Å². The normalized spacial score (nSPS) is 23.7. The number of rotatable bonds is 7. The molecule has 1 aliphatic rings. The van der Waals surface area contributed by atoms with E-state index in [2.05, 4.69) is 26.1 Å². The minimum Gasteiger partial charge on any atom is -0.490 e. The van der Waals surface area contributed by atoms with Crippen molar-refractivity contribution in [2.45, 2.75) is 65.5 Å². The van der Waals surface area contributed by atoms with Crippen LogP contribution in [0.5, 0.6) is 5.75 Å². The Hall–Kier alpha value is -1.09. The quantitative estimate of drug-likeness (QED) is 0.801. The summed E-state index contributed by atoms with van der Waals surface area (Å²) in [5.41, 5.74) is 0.850. The molecule has 1 fully saturated rings. The van der Waals surface area contributed by atoms with E-state index < -0.39 is 0 Å². The van der Waals surface area contributed by atoms with Crippen LogP contribution in [0.3, 0.4) is 0 Å². The summed E-state index contributed by atoms with van der Waals surface area (Å²) in [5.74, 6) is 0.620. The van der Waals surface area contributed by atoms with Gasteiger partial charge in [-0.2, -0.15) is 0 Å². The Balaban J connectivity index is 2.07. The molecular formula is C18H28FNO. The second-order valence-electron chi connectivity index (χ2n) is 6.20. The summed E-state index contributed by atoms with van der Waals surface area (Å²) in [4.78, 5) is 0. The van der Waals surface area contributed by atoms with E-state index in [1.807, 2.05) is 0 Å². The average Bonchev–Trinajstić information content (AvgIpc) is 2.47. The lowest BCUT2D eigenvalue weighted by molar-refractivity contribution is -0.0858. The van der Waals surface area contributed by atoms with Gasteiger partial charge < -0.3 is 10.1 Å². The molecule has 0 bridgehead atoms. The third-order valence-corrected chi connectivity index (χ3v) is 5.15. The van der Waals surface area contributed by atoms with E-state index in [-0.39, 0.29) is 17.3 Å². The molecule has 1 aromatic carbocycles. The number of nitrogens with one attached hydrogen (secondary N) is 1. The fourth-order valence-electron chi connectivity index (χ4n) is 3.57. The molecule has 0 amide bonds. The Morgan fingerprint density at radius 1 is 1.29 bits per heavy atom. The first-order valence-corrected chi connectivity index (χ1v) is 8.23. The summed E-state index contributed by atoms with van der Waals surface area (Å²) < 4.78 is 19.5. The maximum Gasteiger partial charge on any atom is 0.126 e. The molecule has 1 aliphatic carbocycles. The van der Waals surface area contributed by atoms with Crippen LogP contribution in [-0.2, 0) is 0 Å². The van der Waals surface area contributed by atoms with Crippen LogP contribution in [0, 0.1) is 18.2 Å². The van der Waals surface area contributed by atoms with Gasteiger partial charge in [0.1, 0.15) is 17.7 Å². The lowest BCUT2D eigenvalue weighted by Crippen LogP contribution is -2.64. The second-order valence-corrected chi connectivity index (χ2v) is 6.20. The van der Waals surface area contributed by atoms with E-state index in [1.54, 1.807) is 19.1 Å². The van der Waals surface area contributed by atoms with Crippen LogP contribution < -0.4 is 10.1 Å². The van der Waals surface area contributed by atoms with Gasteiger partial charge in [-0.05, 0) is 56.5 Å². The summed E-state index contributed by atoms with van der Waals surface area (Å²) in [5, 5.41) is 3.66. The molecular weight excluding hydrogens is 265 g/mol. The maximum absolute atomic E-state index is 13.4. The summed E-state index contributed by atoms with van der Waals surface area (Å²) in [6, 6.07) is 5.58. The minimum atomic E-state index is -0.171. The molecule has 1 saturated carbocycles. The van der Waals surface area contributed by atoms with E-state index in [4.69, 9.17) is 4.74 Å². The summed E-state index contributed by atoms with van der Waals surface area (Å²) >= 11 is 0. The van der Waals surface area contributed by atoms with Crippen LogP contribution in [0.15, 0.2) is 18.2 Å². The smallest absolute Gasteiger partial charge is 0.126 e. The van der Waals surface area contributed by atoms with Crippen molar-refractivity contribution in [1.82, 2.24) is 5.32 Å². The van der Waals surface area contributed by atoms with Crippen LogP contribution in [0.1, 0.15) is 52.0 Å². The van der Waals surface area contributed by atoms with Gasteiger partial charge in [-0.3, -0.25) is 0 Å². The van der Waals surface area contributed by atoms with Crippen LogP contribution in [-0.4, -0.2) is 18.7 Å². The van der Waals surface area contributed by atoms with Crippen molar-refractivity contribution in [2.75, 3.05) is 6.54 Å². The van der Waals surface area contributed by atoms with Gasteiger partial charge in [0, 0.05) is 17.9 Å². The van der Waals surface area contributed by atoms with Crippen LogP contribution in [0.4, 0.5) is 4.39 Å². The molecule has 0 spiro atoms. The molecule has 0 heterocycles. The van der Waals surface area contributed by atoms with Gasteiger partial charge in [-0.25, -0.2) is 4.39 Å². The van der Waals surface area contributed by atoms with Gasteiger partial charge in [0.2, 0.25) is 0 Å². The molecule has 2 atom stereocenters. The highest BCUT2D eigenvalue weighted by atomic mass is 19.1. The SMILES string of the molecule is CCCNC1CC(Oc2ccc(F)c(C)c2)C1(CC)CC. The van der Waals surface area contributed by atoms with Crippen molar-refractivity contribution in [1.29, 1.82) is 0 Å². The number of hydrogen-bond donors (Lipinski definition) is 1. The van der Waals surface area contributed by atoms with Gasteiger partial charge in [0.15, 0.2) is 0 Å². The van der Waals surface area contributed by atoms with Crippen molar-refractivity contribution < 1.29 is 9.13 Å². The first-order chi connectivity index (χ1) is 10.1. The highest BCUT2D eigenvalue weighted by molar-refractivity contribution is 5.29. The first kappa shape index (κ1) is 16.3. The predicted octanol–water partition coefficient (Wildman–Crippen LogP) is 4.46. The molecule has 2 nitrogen and oxygen atoms in total. The number of halogens is 1. The summed E-state index contributed by atoms with van der Waals surface area (Å²) in [7, 11) is 0. The molecule has 0 saturated heterocycles. The topological polar surface area (TPSA) is 21.3 Å². The third-order valence-electron chi connectivity index (χ3n) is 5.15. The Kier molecular flexibility index (Phi) is 5.26. The van der Waals surface area contributed by atoms with E-state index >= 15 is 0 Å². The zero-order valence-electron chi connectivity index (χ0n) is 13.7. The largest absolute Gasteiger partial charge is 0.490 e. The van der Waals surface area contributed by atoms with Gasteiger partial charge in [0.25, 0.3) is 0 Å². The standard InChI is InChI=1S/C18H28FNO/c1-5-10-20-16-12-17(18(16,6-2)7-3)21-14-8-9-15(19)13(4)11-14/h8-9,11,16-17,20H,5-7,10,12H2,1-4H3.